The number of aromatic nitrogens is 6. The zero-order chi connectivity index (χ0) is 29.8. The zero-order valence-corrected chi connectivity index (χ0v) is 23.7. The lowest BCUT2D eigenvalue weighted by molar-refractivity contribution is -0.176. The Kier molecular flexibility index (Phi) is 6.68. The van der Waals surface area contributed by atoms with Gasteiger partial charge in [0.2, 0.25) is 5.95 Å². The number of ether oxygens (including phenoxy) is 2. The van der Waals surface area contributed by atoms with Gasteiger partial charge in [0, 0.05) is 51.1 Å². The number of anilines is 2. The largest absolute Gasteiger partial charge is 0.455 e. The predicted octanol–water partition coefficient (Wildman–Crippen LogP) is 5.67. The second kappa shape index (κ2) is 10.1. The van der Waals surface area contributed by atoms with Crippen LogP contribution in [0, 0.1) is 12.0 Å². The van der Waals surface area contributed by atoms with Crippen molar-refractivity contribution in [2.45, 2.75) is 58.0 Å². The lowest BCUT2D eigenvalue weighted by Crippen LogP contribution is -2.53. The van der Waals surface area contributed by atoms with Crippen molar-refractivity contribution < 1.29 is 23.0 Å². The van der Waals surface area contributed by atoms with Gasteiger partial charge in [-0.1, -0.05) is 0 Å². The Labute approximate surface area is 240 Å². The molecule has 0 atom stereocenters. The Morgan fingerprint density at radius 1 is 1.31 bits per heavy atom. The average Bonchev–Trinajstić information content (AvgIpc) is 3.44. The highest BCUT2D eigenvalue weighted by Crippen LogP contribution is 2.54. The molecular weight excluding hydrogens is 546 g/mol. The van der Waals surface area contributed by atoms with E-state index < -0.39 is 12.0 Å². The molecule has 2 fully saturated rings. The quantitative estimate of drug-likeness (QED) is 0.254. The molecule has 0 amide bonds. The maximum Gasteiger partial charge on any atom is 0.269 e. The molecule has 0 aromatic carbocycles. The molecule has 5 heterocycles. The van der Waals surface area contributed by atoms with Crippen LogP contribution >= 0.6 is 0 Å². The Balaban J connectivity index is 1.33. The number of imidazole rings is 1. The summed E-state index contributed by atoms with van der Waals surface area (Å²) in [6, 6.07) is 5.03. The first kappa shape index (κ1) is 27.7. The number of ketones is 1. The number of Topliss-reactive ketones (excluding diaryl/α,β-unsaturated/α-hetero) is 1. The van der Waals surface area contributed by atoms with Crippen LogP contribution in [0.5, 0.6) is 11.5 Å². The summed E-state index contributed by atoms with van der Waals surface area (Å²) in [7, 11) is 1.61. The third-order valence-corrected chi connectivity index (χ3v) is 7.95. The minimum Gasteiger partial charge on any atom is -0.455 e. The molecule has 13 heteroatoms. The van der Waals surface area contributed by atoms with Gasteiger partial charge in [-0.25, -0.2) is 20.3 Å². The fourth-order valence-corrected chi connectivity index (χ4v) is 5.69. The number of nitrogens with one attached hydrogen (secondary N) is 1. The molecule has 1 saturated carbocycles. The van der Waals surface area contributed by atoms with Gasteiger partial charge in [0.05, 0.1) is 36.7 Å². The number of hydrogen-bond acceptors (Lipinski definition) is 8. The zero-order valence-electron chi connectivity index (χ0n) is 23.7. The van der Waals surface area contributed by atoms with Gasteiger partial charge >= 0.3 is 0 Å². The minimum absolute atomic E-state index is 0.0786. The average molecular weight is 577 g/mol. The molecule has 0 radical (unpaired) electrons. The van der Waals surface area contributed by atoms with E-state index in [9.17, 15) is 13.6 Å². The van der Waals surface area contributed by atoms with E-state index in [1.165, 1.54) is 36.0 Å². The van der Waals surface area contributed by atoms with E-state index in [4.69, 9.17) is 21.1 Å². The molecule has 11 nitrogen and oxygen atoms in total. The van der Waals surface area contributed by atoms with Crippen molar-refractivity contribution in [3.63, 3.8) is 0 Å². The molecule has 4 aromatic rings. The molecule has 42 heavy (non-hydrogen) atoms. The Hall–Kier alpha value is -4.44. The van der Waals surface area contributed by atoms with Crippen LogP contribution in [-0.2, 0) is 28.5 Å². The second-order valence-corrected chi connectivity index (χ2v) is 11.7. The number of hydrogen-bond donors (Lipinski definition) is 1. The minimum atomic E-state index is -2.89. The summed E-state index contributed by atoms with van der Waals surface area (Å²) in [5.41, 5.74) is 0.489. The van der Waals surface area contributed by atoms with E-state index in [0.29, 0.717) is 11.5 Å². The number of rotatable bonds is 9. The van der Waals surface area contributed by atoms with E-state index in [1.54, 1.807) is 7.05 Å². The number of halogens is 2. The topological polar surface area (TPSA) is 113 Å². The van der Waals surface area contributed by atoms with E-state index in [0.717, 1.165) is 31.7 Å². The SMILES string of the molecule is [C-]#[N+]C(C)(C)c1cc(Nc2nc3ncc(Oc4ccnc(CC(C)=O)c4)c(C(F)F)c3n2C)nn1C1CC2(COC2)C1. The maximum absolute atomic E-state index is 14.5. The summed E-state index contributed by atoms with van der Waals surface area (Å²) in [5, 5.41) is 7.94. The third-order valence-electron chi connectivity index (χ3n) is 7.95. The van der Waals surface area contributed by atoms with Crippen molar-refractivity contribution in [3.05, 3.63) is 59.0 Å². The van der Waals surface area contributed by atoms with Crippen LogP contribution in [0.25, 0.3) is 16.0 Å². The first-order valence-corrected chi connectivity index (χ1v) is 13.6. The molecule has 1 spiro atoms. The van der Waals surface area contributed by atoms with Gasteiger partial charge in [0.1, 0.15) is 22.7 Å². The van der Waals surface area contributed by atoms with Crippen LogP contribution in [0.2, 0.25) is 0 Å². The van der Waals surface area contributed by atoms with Gasteiger partial charge in [-0.05, 0) is 25.8 Å². The van der Waals surface area contributed by atoms with Crippen LogP contribution in [0.1, 0.15) is 63.0 Å². The number of pyridine rings is 2. The molecule has 6 rings (SSSR count). The van der Waals surface area contributed by atoms with Crippen molar-refractivity contribution in [1.29, 1.82) is 0 Å². The molecular formula is C29H30F2N8O3. The maximum atomic E-state index is 14.5. The molecule has 1 aliphatic heterocycles. The summed E-state index contributed by atoms with van der Waals surface area (Å²) < 4.78 is 43.6. The fraction of sp³-hybridized carbons (Fsp3) is 0.448. The van der Waals surface area contributed by atoms with Gasteiger partial charge in [0.25, 0.3) is 12.0 Å². The summed E-state index contributed by atoms with van der Waals surface area (Å²) in [6.07, 6.45) is 1.75. The molecule has 4 aromatic heterocycles. The normalized spacial score (nSPS) is 16.3. The van der Waals surface area contributed by atoms with Gasteiger partial charge < -0.3 is 24.2 Å². The Morgan fingerprint density at radius 3 is 2.71 bits per heavy atom. The monoisotopic (exact) mass is 576 g/mol. The predicted molar refractivity (Wildman–Crippen MR) is 149 cm³/mol. The van der Waals surface area contributed by atoms with Crippen LogP contribution in [0.4, 0.5) is 20.5 Å². The molecule has 218 valence electrons. The first-order valence-electron chi connectivity index (χ1n) is 13.6. The van der Waals surface area contributed by atoms with E-state index in [2.05, 4.69) is 25.1 Å². The van der Waals surface area contributed by atoms with Gasteiger partial charge in [-0.3, -0.25) is 14.5 Å². The Morgan fingerprint density at radius 2 is 2.07 bits per heavy atom. The lowest BCUT2D eigenvalue weighted by atomic mass is 9.64. The van der Waals surface area contributed by atoms with E-state index in [1.807, 2.05) is 24.6 Å². The molecule has 2 aliphatic rings. The standard InChI is InChI=1S/C29H30F2N8O3/c1-16(40)8-17-9-19(6-7-33-17)42-20-13-34-26-24(23(20)25(30)31)38(5)27(36-26)35-22-10-21(28(2,3)32-4)39(37-22)18-11-29(12-18)14-41-15-29/h6-7,9-10,13,18,25H,8,11-12,14-15H2,1-3,5H3,(H,34,35,36,37). The highest BCUT2D eigenvalue weighted by molar-refractivity contribution is 5.82. The second-order valence-electron chi connectivity index (χ2n) is 11.7. The summed E-state index contributed by atoms with van der Waals surface area (Å²) in [6.45, 7) is 14.4. The fourth-order valence-electron chi connectivity index (χ4n) is 5.69. The van der Waals surface area contributed by atoms with Gasteiger partial charge in [0.15, 0.2) is 17.2 Å². The number of aryl methyl sites for hydroxylation is 1. The van der Waals surface area contributed by atoms with Crippen LogP contribution in [-0.4, -0.2) is 48.3 Å². The number of carbonyl (C=O) groups is 1. The van der Waals surface area contributed by atoms with Crippen molar-refractivity contribution in [3.8, 4) is 11.5 Å². The van der Waals surface area contributed by atoms with Gasteiger partial charge in [-0.2, -0.15) is 10.1 Å². The molecule has 0 unspecified atom stereocenters. The van der Waals surface area contributed by atoms with Crippen LogP contribution in [0.15, 0.2) is 30.6 Å². The Bertz CT molecular complexity index is 1730. The molecule has 1 N–H and O–H groups in total. The summed E-state index contributed by atoms with van der Waals surface area (Å²) >= 11 is 0. The summed E-state index contributed by atoms with van der Waals surface area (Å²) in [5.74, 6) is 0.771. The number of carbonyl (C=O) groups excluding carboxylic acids is 1. The first-order chi connectivity index (χ1) is 20.0. The van der Waals surface area contributed by atoms with Crippen molar-refractivity contribution in [2.75, 3.05) is 18.5 Å². The van der Waals surface area contributed by atoms with E-state index in [-0.39, 0.29) is 57.8 Å². The lowest BCUT2D eigenvalue weighted by Gasteiger charge is -2.53. The molecule has 1 saturated heterocycles. The van der Waals surface area contributed by atoms with E-state index >= 15 is 0 Å². The number of nitrogens with zero attached hydrogens (tertiary/aromatic N) is 7. The molecule has 0 bridgehead atoms. The third kappa shape index (κ3) is 4.85. The highest BCUT2D eigenvalue weighted by atomic mass is 19.3. The van der Waals surface area contributed by atoms with Crippen molar-refractivity contribution in [2.24, 2.45) is 12.5 Å². The smallest absolute Gasteiger partial charge is 0.269 e. The van der Waals surface area contributed by atoms with Crippen molar-refractivity contribution >= 4 is 28.7 Å². The molecule has 1 aliphatic carbocycles. The number of alkyl halides is 2. The van der Waals surface area contributed by atoms with Gasteiger partial charge in [-0.15, -0.1) is 0 Å². The van der Waals surface area contributed by atoms with Crippen LogP contribution < -0.4 is 10.1 Å². The van der Waals surface area contributed by atoms with Crippen LogP contribution in [0.3, 0.4) is 0 Å². The highest BCUT2D eigenvalue weighted by Gasteiger charge is 2.52. The number of fused-ring (bicyclic) bond motifs is 1. The summed E-state index contributed by atoms with van der Waals surface area (Å²) in [4.78, 5) is 28.2. The van der Waals surface area contributed by atoms with Crippen molar-refractivity contribution in [1.82, 2.24) is 29.3 Å².